The van der Waals surface area contributed by atoms with E-state index in [1.54, 1.807) is 21.3 Å². The zero-order valence-corrected chi connectivity index (χ0v) is 12.7. The predicted octanol–water partition coefficient (Wildman–Crippen LogP) is 3.50. The van der Waals surface area contributed by atoms with Gasteiger partial charge in [-0.05, 0) is 55.0 Å². The van der Waals surface area contributed by atoms with Crippen molar-refractivity contribution in [1.29, 1.82) is 0 Å². The van der Waals surface area contributed by atoms with Gasteiger partial charge >= 0.3 is 0 Å². The minimum absolute atomic E-state index is 0.571. The van der Waals surface area contributed by atoms with Crippen LogP contribution >= 0.6 is 0 Å². The Morgan fingerprint density at radius 1 is 1.00 bits per heavy atom. The van der Waals surface area contributed by atoms with Gasteiger partial charge in [0.1, 0.15) is 0 Å². The second kappa shape index (κ2) is 7.02. The van der Waals surface area contributed by atoms with Gasteiger partial charge in [-0.2, -0.15) is 0 Å². The van der Waals surface area contributed by atoms with Crippen molar-refractivity contribution in [2.24, 2.45) is 5.16 Å². The first kappa shape index (κ1) is 15.2. The summed E-state index contributed by atoms with van der Waals surface area (Å²) >= 11 is 0. The van der Waals surface area contributed by atoms with Crippen LogP contribution < -0.4 is 14.2 Å². The molecular weight excluding hydrogens is 270 g/mol. The fraction of sp³-hybridized carbons (Fsp3) is 0.438. The van der Waals surface area contributed by atoms with Crippen LogP contribution in [0.3, 0.4) is 0 Å². The SMILES string of the molecule is COc1cc(C=C2CCCCC2=NO)cc(OC)c1OC. The second-order valence-electron chi connectivity index (χ2n) is 4.88. The summed E-state index contributed by atoms with van der Waals surface area (Å²) in [7, 11) is 4.76. The van der Waals surface area contributed by atoms with Crippen LogP contribution in [0.25, 0.3) is 6.08 Å². The fourth-order valence-electron chi connectivity index (χ4n) is 2.57. The molecular formula is C16H21NO4. The quantitative estimate of drug-likeness (QED) is 0.681. The molecule has 0 radical (unpaired) electrons. The van der Waals surface area contributed by atoms with Gasteiger partial charge in [-0.1, -0.05) is 5.16 Å². The van der Waals surface area contributed by atoms with Crippen molar-refractivity contribution in [2.45, 2.75) is 25.7 Å². The smallest absolute Gasteiger partial charge is 0.203 e. The van der Waals surface area contributed by atoms with E-state index in [1.807, 2.05) is 18.2 Å². The third-order valence-electron chi connectivity index (χ3n) is 3.63. The van der Waals surface area contributed by atoms with Crippen molar-refractivity contribution in [3.05, 3.63) is 23.3 Å². The Bertz CT molecular complexity index is 538. The molecule has 1 saturated carbocycles. The van der Waals surface area contributed by atoms with Crippen LogP contribution in [0.15, 0.2) is 22.9 Å². The van der Waals surface area contributed by atoms with Crippen LogP contribution in [0.5, 0.6) is 17.2 Å². The Labute approximate surface area is 124 Å². The Hall–Kier alpha value is -2.17. The fourth-order valence-corrected chi connectivity index (χ4v) is 2.57. The molecule has 1 aliphatic carbocycles. The van der Waals surface area contributed by atoms with Gasteiger partial charge in [0.05, 0.1) is 27.0 Å². The number of methoxy groups -OCH3 is 3. The van der Waals surface area contributed by atoms with Gasteiger partial charge in [0, 0.05) is 0 Å². The van der Waals surface area contributed by atoms with E-state index in [0.29, 0.717) is 17.2 Å². The lowest BCUT2D eigenvalue weighted by molar-refractivity contribution is 0.316. The Morgan fingerprint density at radius 3 is 2.14 bits per heavy atom. The van der Waals surface area contributed by atoms with Gasteiger partial charge in [-0.3, -0.25) is 0 Å². The first-order valence-corrected chi connectivity index (χ1v) is 6.95. The van der Waals surface area contributed by atoms with E-state index < -0.39 is 0 Å². The summed E-state index contributed by atoms with van der Waals surface area (Å²) < 4.78 is 16.0. The molecule has 0 aliphatic heterocycles. The van der Waals surface area contributed by atoms with Gasteiger partial charge in [0.2, 0.25) is 5.75 Å². The maximum Gasteiger partial charge on any atom is 0.203 e. The minimum Gasteiger partial charge on any atom is -0.493 e. The molecule has 5 heteroatoms. The third kappa shape index (κ3) is 3.29. The van der Waals surface area contributed by atoms with Gasteiger partial charge in [0.15, 0.2) is 11.5 Å². The molecule has 21 heavy (non-hydrogen) atoms. The monoisotopic (exact) mass is 291 g/mol. The van der Waals surface area contributed by atoms with Crippen molar-refractivity contribution in [2.75, 3.05) is 21.3 Å². The molecule has 0 amide bonds. The van der Waals surface area contributed by atoms with E-state index in [9.17, 15) is 0 Å². The summed E-state index contributed by atoms with van der Waals surface area (Å²) in [5.41, 5.74) is 2.75. The second-order valence-corrected chi connectivity index (χ2v) is 4.88. The molecule has 0 heterocycles. The van der Waals surface area contributed by atoms with Crippen LogP contribution in [0.4, 0.5) is 0 Å². The van der Waals surface area contributed by atoms with Crippen LogP contribution in [-0.2, 0) is 0 Å². The van der Waals surface area contributed by atoms with E-state index in [1.165, 1.54) is 0 Å². The molecule has 0 aromatic heterocycles. The summed E-state index contributed by atoms with van der Waals surface area (Å²) in [6.45, 7) is 0. The minimum atomic E-state index is 0.571. The van der Waals surface area contributed by atoms with E-state index >= 15 is 0 Å². The van der Waals surface area contributed by atoms with Crippen molar-refractivity contribution in [3.8, 4) is 17.2 Å². The lowest BCUT2D eigenvalue weighted by atomic mass is 9.91. The molecule has 114 valence electrons. The zero-order valence-electron chi connectivity index (χ0n) is 12.7. The summed E-state index contributed by atoms with van der Waals surface area (Å²) in [5.74, 6) is 1.80. The molecule has 5 nitrogen and oxygen atoms in total. The first-order chi connectivity index (χ1) is 10.2. The molecule has 1 N–H and O–H groups in total. The molecule has 0 saturated heterocycles. The van der Waals surface area contributed by atoms with E-state index in [4.69, 9.17) is 19.4 Å². The third-order valence-corrected chi connectivity index (χ3v) is 3.63. The number of ether oxygens (including phenoxy) is 3. The molecule has 0 spiro atoms. The van der Waals surface area contributed by atoms with Crippen LogP contribution in [0.1, 0.15) is 31.2 Å². The molecule has 2 rings (SSSR count). The average Bonchev–Trinajstić information content (AvgIpc) is 2.54. The number of hydrogen-bond donors (Lipinski definition) is 1. The predicted molar refractivity (Wildman–Crippen MR) is 81.8 cm³/mol. The van der Waals surface area contributed by atoms with E-state index in [2.05, 4.69) is 5.16 Å². The maximum absolute atomic E-state index is 9.10. The van der Waals surface area contributed by atoms with Crippen LogP contribution in [0.2, 0.25) is 0 Å². The molecule has 0 atom stereocenters. The number of rotatable bonds is 4. The summed E-state index contributed by atoms with van der Waals surface area (Å²) in [6, 6.07) is 3.77. The highest BCUT2D eigenvalue weighted by Gasteiger charge is 2.16. The molecule has 1 aromatic rings. The highest BCUT2D eigenvalue weighted by Crippen LogP contribution is 2.39. The van der Waals surface area contributed by atoms with Crippen molar-refractivity contribution in [1.82, 2.24) is 0 Å². The standard InChI is InChI=1S/C16H21NO4/c1-19-14-9-11(10-15(20-2)16(14)21-3)8-12-6-4-5-7-13(12)17-18/h8-10,18H,4-7H2,1-3H3. The molecule has 1 aliphatic rings. The molecule has 1 aromatic carbocycles. The van der Waals surface area contributed by atoms with Gasteiger partial charge in [-0.15, -0.1) is 0 Å². The number of nitrogens with zero attached hydrogens (tertiary/aromatic N) is 1. The number of oxime groups is 1. The maximum atomic E-state index is 9.10. The van der Waals surface area contributed by atoms with Crippen LogP contribution in [0, 0.1) is 0 Å². The largest absolute Gasteiger partial charge is 0.493 e. The number of hydrogen-bond acceptors (Lipinski definition) is 5. The van der Waals surface area contributed by atoms with E-state index in [0.717, 1.165) is 42.5 Å². The van der Waals surface area contributed by atoms with Crippen molar-refractivity contribution < 1.29 is 19.4 Å². The van der Waals surface area contributed by atoms with Crippen molar-refractivity contribution in [3.63, 3.8) is 0 Å². The highest BCUT2D eigenvalue weighted by atomic mass is 16.5. The summed E-state index contributed by atoms with van der Waals surface area (Å²) in [4.78, 5) is 0. The van der Waals surface area contributed by atoms with Crippen LogP contribution in [-0.4, -0.2) is 32.2 Å². The van der Waals surface area contributed by atoms with E-state index in [-0.39, 0.29) is 0 Å². The van der Waals surface area contributed by atoms with Crippen molar-refractivity contribution >= 4 is 11.8 Å². The Kier molecular flexibility index (Phi) is 5.09. The number of allylic oxidation sites excluding steroid dienone is 1. The molecule has 0 unspecified atom stereocenters. The lowest BCUT2D eigenvalue weighted by Crippen LogP contribution is -2.09. The Balaban J connectivity index is 2.44. The average molecular weight is 291 g/mol. The summed E-state index contributed by atoms with van der Waals surface area (Å²) in [5, 5.41) is 12.5. The topological polar surface area (TPSA) is 60.3 Å². The summed E-state index contributed by atoms with van der Waals surface area (Å²) in [6.07, 6.45) is 5.91. The first-order valence-electron chi connectivity index (χ1n) is 6.95. The molecule has 0 bridgehead atoms. The normalized spacial score (nSPS) is 18.8. The Morgan fingerprint density at radius 2 is 1.62 bits per heavy atom. The van der Waals surface area contributed by atoms with Gasteiger partial charge in [0.25, 0.3) is 0 Å². The lowest BCUT2D eigenvalue weighted by Gasteiger charge is -2.16. The van der Waals surface area contributed by atoms with Gasteiger partial charge < -0.3 is 19.4 Å². The number of benzene rings is 1. The highest BCUT2D eigenvalue weighted by molar-refractivity contribution is 6.04. The molecule has 1 fully saturated rings. The van der Waals surface area contributed by atoms with Gasteiger partial charge in [-0.25, -0.2) is 0 Å². The zero-order chi connectivity index (χ0) is 15.2.